The molecular weight excluding hydrogens is 256 g/mol. The van der Waals surface area contributed by atoms with Crippen molar-refractivity contribution in [2.24, 2.45) is 0 Å². The van der Waals surface area contributed by atoms with Gasteiger partial charge in [0.15, 0.2) is 5.69 Å². The fourth-order valence-electron chi connectivity index (χ4n) is 1.81. The summed E-state index contributed by atoms with van der Waals surface area (Å²) in [6.45, 7) is 3.91. The van der Waals surface area contributed by atoms with Gasteiger partial charge in [-0.15, -0.1) is 0 Å². The average Bonchev–Trinajstić information content (AvgIpc) is 2.90. The maximum Gasteiger partial charge on any atom is 0.341 e. The van der Waals surface area contributed by atoms with Crippen molar-refractivity contribution in [3.8, 4) is 0 Å². The standard InChI is InChI=1S/C14H16N4O2/c1-9-4-5-11(10(2)8-9)16-13(19)12-6-7-18(17-12)14(20)15-3/h4-8H,1-3H3,(H,15,20)(H,16,19). The van der Waals surface area contributed by atoms with Crippen molar-refractivity contribution in [2.75, 3.05) is 12.4 Å². The van der Waals surface area contributed by atoms with Crippen molar-refractivity contribution in [3.63, 3.8) is 0 Å². The van der Waals surface area contributed by atoms with Crippen LogP contribution in [-0.2, 0) is 0 Å². The lowest BCUT2D eigenvalue weighted by Gasteiger charge is -2.07. The molecule has 0 bridgehead atoms. The van der Waals surface area contributed by atoms with Crippen LogP contribution in [0, 0.1) is 13.8 Å². The Hall–Kier alpha value is -2.63. The van der Waals surface area contributed by atoms with Crippen molar-refractivity contribution in [2.45, 2.75) is 13.8 Å². The Bertz CT molecular complexity index is 661. The summed E-state index contributed by atoms with van der Waals surface area (Å²) in [4.78, 5) is 23.4. The molecular formula is C14H16N4O2. The van der Waals surface area contributed by atoms with Crippen LogP contribution in [0.1, 0.15) is 21.6 Å². The van der Waals surface area contributed by atoms with Crippen LogP contribution in [0.5, 0.6) is 0 Å². The number of carbonyl (C=O) groups is 2. The van der Waals surface area contributed by atoms with Crippen LogP contribution >= 0.6 is 0 Å². The van der Waals surface area contributed by atoms with Gasteiger partial charge in [-0.25, -0.2) is 4.79 Å². The normalized spacial score (nSPS) is 10.2. The van der Waals surface area contributed by atoms with Gasteiger partial charge in [-0.05, 0) is 31.5 Å². The van der Waals surface area contributed by atoms with Crippen LogP contribution in [0.15, 0.2) is 30.5 Å². The summed E-state index contributed by atoms with van der Waals surface area (Å²) in [5.74, 6) is -0.348. The maximum absolute atomic E-state index is 12.1. The van der Waals surface area contributed by atoms with Crippen LogP contribution in [0.3, 0.4) is 0 Å². The fourth-order valence-corrected chi connectivity index (χ4v) is 1.81. The van der Waals surface area contributed by atoms with E-state index in [0.29, 0.717) is 0 Å². The number of hydrogen-bond acceptors (Lipinski definition) is 3. The Morgan fingerprint density at radius 2 is 1.95 bits per heavy atom. The number of anilines is 1. The van der Waals surface area contributed by atoms with E-state index in [0.717, 1.165) is 21.5 Å². The van der Waals surface area contributed by atoms with E-state index in [9.17, 15) is 9.59 Å². The second-order valence-corrected chi connectivity index (χ2v) is 4.47. The molecule has 0 aliphatic heterocycles. The van der Waals surface area contributed by atoms with Crippen molar-refractivity contribution in [1.29, 1.82) is 0 Å². The van der Waals surface area contributed by atoms with Crippen LogP contribution in [0.2, 0.25) is 0 Å². The molecule has 0 atom stereocenters. The highest BCUT2D eigenvalue weighted by Gasteiger charge is 2.13. The minimum atomic E-state index is -0.393. The number of amides is 2. The second-order valence-electron chi connectivity index (χ2n) is 4.47. The van der Waals surface area contributed by atoms with Crippen LogP contribution in [0.25, 0.3) is 0 Å². The molecule has 0 saturated heterocycles. The Labute approximate surface area is 116 Å². The molecule has 104 valence electrons. The molecule has 1 heterocycles. The first-order valence-electron chi connectivity index (χ1n) is 6.17. The van der Waals surface area contributed by atoms with Crippen molar-refractivity contribution >= 4 is 17.6 Å². The molecule has 0 saturated carbocycles. The average molecular weight is 272 g/mol. The SMILES string of the molecule is CNC(=O)n1ccc(C(=O)Nc2ccc(C)cc2C)n1. The highest BCUT2D eigenvalue weighted by molar-refractivity contribution is 6.03. The van der Waals surface area contributed by atoms with Gasteiger partial charge in [0.2, 0.25) is 0 Å². The van der Waals surface area contributed by atoms with Gasteiger partial charge in [-0.2, -0.15) is 9.78 Å². The Kier molecular flexibility index (Phi) is 3.84. The van der Waals surface area contributed by atoms with E-state index in [4.69, 9.17) is 0 Å². The van der Waals surface area contributed by atoms with Crippen LogP contribution < -0.4 is 10.6 Å². The summed E-state index contributed by atoms with van der Waals surface area (Å²) in [5.41, 5.74) is 3.03. The van der Waals surface area contributed by atoms with Crippen LogP contribution in [-0.4, -0.2) is 28.8 Å². The Morgan fingerprint density at radius 3 is 2.60 bits per heavy atom. The molecule has 0 aliphatic carbocycles. The molecule has 0 spiro atoms. The monoisotopic (exact) mass is 272 g/mol. The second kappa shape index (κ2) is 5.56. The number of aromatic nitrogens is 2. The zero-order chi connectivity index (χ0) is 14.7. The van der Waals surface area contributed by atoms with E-state index in [1.807, 2.05) is 32.0 Å². The summed E-state index contributed by atoms with van der Waals surface area (Å²) >= 11 is 0. The lowest BCUT2D eigenvalue weighted by atomic mass is 10.1. The van der Waals surface area contributed by atoms with E-state index in [1.165, 1.54) is 19.3 Å². The van der Waals surface area contributed by atoms with Gasteiger partial charge in [0.1, 0.15) is 0 Å². The van der Waals surface area contributed by atoms with Gasteiger partial charge in [0.05, 0.1) is 0 Å². The van der Waals surface area contributed by atoms with Gasteiger partial charge >= 0.3 is 6.03 Å². The zero-order valence-electron chi connectivity index (χ0n) is 11.6. The van der Waals surface area contributed by atoms with Gasteiger partial charge in [0.25, 0.3) is 5.91 Å². The molecule has 6 heteroatoms. The lowest BCUT2D eigenvalue weighted by Crippen LogP contribution is -2.25. The van der Waals surface area contributed by atoms with E-state index in [-0.39, 0.29) is 11.6 Å². The summed E-state index contributed by atoms with van der Waals surface area (Å²) in [6, 6.07) is 6.85. The van der Waals surface area contributed by atoms with Crippen molar-refractivity contribution in [1.82, 2.24) is 15.1 Å². The molecule has 2 N–H and O–H groups in total. The molecule has 2 amide bonds. The summed E-state index contributed by atoms with van der Waals surface area (Å²) in [7, 11) is 1.50. The minimum Gasteiger partial charge on any atom is -0.339 e. The predicted octanol–water partition coefficient (Wildman–Crippen LogP) is 1.94. The van der Waals surface area contributed by atoms with Gasteiger partial charge in [-0.3, -0.25) is 4.79 Å². The van der Waals surface area contributed by atoms with Crippen LogP contribution in [0.4, 0.5) is 10.5 Å². The summed E-state index contributed by atoms with van der Waals surface area (Å²) in [6.07, 6.45) is 1.44. The molecule has 0 radical (unpaired) electrons. The maximum atomic E-state index is 12.1. The first-order chi connectivity index (χ1) is 9.51. The highest BCUT2D eigenvalue weighted by atomic mass is 16.2. The molecule has 6 nitrogen and oxygen atoms in total. The minimum absolute atomic E-state index is 0.188. The van der Waals surface area contributed by atoms with E-state index in [2.05, 4.69) is 15.7 Å². The zero-order valence-corrected chi connectivity index (χ0v) is 11.6. The molecule has 2 rings (SSSR count). The van der Waals surface area contributed by atoms with E-state index in [1.54, 1.807) is 0 Å². The summed E-state index contributed by atoms with van der Waals surface area (Å²) in [5, 5.41) is 9.12. The third kappa shape index (κ3) is 2.85. The van der Waals surface area contributed by atoms with Gasteiger partial charge in [-0.1, -0.05) is 17.7 Å². The predicted molar refractivity (Wildman–Crippen MR) is 75.9 cm³/mol. The molecule has 0 unspecified atom stereocenters. The number of aryl methyl sites for hydroxylation is 2. The number of benzene rings is 1. The third-order valence-corrected chi connectivity index (χ3v) is 2.87. The number of nitrogens with zero attached hydrogens (tertiary/aromatic N) is 2. The molecule has 1 aromatic carbocycles. The quantitative estimate of drug-likeness (QED) is 0.877. The molecule has 2 aromatic rings. The topological polar surface area (TPSA) is 76.0 Å². The fraction of sp³-hybridized carbons (Fsp3) is 0.214. The lowest BCUT2D eigenvalue weighted by molar-refractivity contribution is 0.102. The third-order valence-electron chi connectivity index (χ3n) is 2.87. The first kappa shape index (κ1) is 13.8. The van der Waals surface area contributed by atoms with E-state index >= 15 is 0 Å². The number of hydrogen-bond donors (Lipinski definition) is 2. The van der Waals surface area contributed by atoms with Gasteiger partial charge in [0, 0.05) is 18.9 Å². The van der Waals surface area contributed by atoms with E-state index < -0.39 is 6.03 Å². The van der Waals surface area contributed by atoms with Crippen molar-refractivity contribution in [3.05, 3.63) is 47.3 Å². The molecule has 1 aromatic heterocycles. The molecule has 20 heavy (non-hydrogen) atoms. The first-order valence-corrected chi connectivity index (χ1v) is 6.17. The molecule has 0 fully saturated rings. The number of carbonyl (C=O) groups excluding carboxylic acids is 2. The summed E-state index contributed by atoms with van der Waals surface area (Å²) < 4.78 is 1.08. The molecule has 0 aliphatic rings. The Balaban J connectivity index is 2.16. The van der Waals surface area contributed by atoms with Gasteiger partial charge < -0.3 is 10.6 Å². The number of rotatable bonds is 2. The largest absolute Gasteiger partial charge is 0.341 e. The highest BCUT2D eigenvalue weighted by Crippen LogP contribution is 2.16. The smallest absolute Gasteiger partial charge is 0.339 e. The Morgan fingerprint density at radius 1 is 1.20 bits per heavy atom. The van der Waals surface area contributed by atoms with Crippen molar-refractivity contribution < 1.29 is 9.59 Å². The number of nitrogens with one attached hydrogen (secondary N) is 2.